The van der Waals surface area contributed by atoms with E-state index in [1.807, 2.05) is 32.0 Å². The fraction of sp³-hybridized carbons (Fsp3) is 0.353. The number of carbonyl (C=O) groups excluding carboxylic acids is 1. The van der Waals surface area contributed by atoms with E-state index in [0.29, 0.717) is 23.9 Å². The van der Waals surface area contributed by atoms with E-state index < -0.39 is 5.97 Å². The lowest BCUT2D eigenvalue weighted by Gasteiger charge is -2.12. The van der Waals surface area contributed by atoms with E-state index in [-0.39, 0.29) is 17.2 Å². The fourth-order valence-electron chi connectivity index (χ4n) is 2.30. The third-order valence-corrected chi connectivity index (χ3v) is 4.57. The summed E-state index contributed by atoms with van der Waals surface area (Å²) in [6.07, 6.45) is 0.0716. The molecule has 1 aromatic heterocycles. The topological polar surface area (TPSA) is 88.5 Å². The van der Waals surface area contributed by atoms with Gasteiger partial charge in [-0.15, -0.1) is 11.3 Å². The van der Waals surface area contributed by atoms with Gasteiger partial charge in [0.2, 0.25) is 5.91 Å². The maximum atomic E-state index is 11.9. The number of aromatic nitrogens is 1. The number of nitrogens with zero attached hydrogens (tertiary/aromatic N) is 1. The molecule has 6 nitrogen and oxygen atoms in total. The Morgan fingerprint density at radius 3 is 2.50 bits per heavy atom. The highest BCUT2D eigenvalue weighted by molar-refractivity contribution is 7.13. The van der Waals surface area contributed by atoms with Gasteiger partial charge in [-0.3, -0.25) is 4.79 Å². The number of carbonyl (C=O) groups is 2. The van der Waals surface area contributed by atoms with Crippen molar-refractivity contribution in [2.24, 2.45) is 0 Å². The number of thiazole rings is 1. The second kappa shape index (κ2) is 7.92. The number of benzene rings is 1. The van der Waals surface area contributed by atoms with Crippen LogP contribution in [0.2, 0.25) is 0 Å². The van der Waals surface area contributed by atoms with Crippen molar-refractivity contribution >= 4 is 23.2 Å². The first-order chi connectivity index (χ1) is 11.4. The molecule has 7 heteroatoms. The molecule has 2 rings (SSSR count). The van der Waals surface area contributed by atoms with Crippen molar-refractivity contribution in [2.75, 3.05) is 13.2 Å². The molecule has 128 valence electrons. The monoisotopic (exact) mass is 348 g/mol. The van der Waals surface area contributed by atoms with Gasteiger partial charge in [0.1, 0.15) is 22.2 Å². The minimum absolute atomic E-state index is 0.0716. The summed E-state index contributed by atoms with van der Waals surface area (Å²) in [7, 11) is 0. The highest BCUT2D eigenvalue weighted by Crippen LogP contribution is 2.22. The number of carboxylic acids is 1. The summed E-state index contributed by atoms with van der Waals surface area (Å²) < 4.78 is 5.72. The van der Waals surface area contributed by atoms with Crippen molar-refractivity contribution < 1.29 is 19.4 Å². The van der Waals surface area contributed by atoms with E-state index >= 15 is 0 Å². The van der Waals surface area contributed by atoms with Gasteiger partial charge in [-0.05, 0) is 31.9 Å². The van der Waals surface area contributed by atoms with Crippen LogP contribution in [-0.4, -0.2) is 35.1 Å². The summed E-state index contributed by atoms with van der Waals surface area (Å²) in [4.78, 5) is 27.2. The molecule has 0 saturated heterocycles. The Morgan fingerprint density at radius 2 is 1.92 bits per heavy atom. The van der Waals surface area contributed by atoms with Crippen molar-refractivity contribution in [3.8, 4) is 5.75 Å². The molecule has 0 unspecified atom stereocenters. The van der Waals surface area contributed by atoms with Gasteiger partial charge in [0.05, 0.1) is 18.7 Å². The number of rotatable bonds is 7. The van der Waals surface area contributed by atoms with Crippen LogP contribution in [0.3, 0.4) is 0 Å². The zero-order chi connectivity index (χ0) is 17.7. The second-order valence-electron chi connectivity index (χ2n) is 5.42. The van der Waals surface area contributed by atoms with Gasteiger partial charge in [0.15, 0.2) is 0 Å². The van der Waals surface area contributed by atoms with Crippen molar-refractivity contribution in [1.82, 2.24) is 10.3 Å². The standard InChI is InChI=1S/C17H20N2O4S/c1-10-5-4-6-11(2)15(10)23-8-7-18-13(20)9-14-19-12(3)16(24-14)17(21)22/h4-6H,7-9H2,1-3H3,(H,18,20)(H,21,22). The molecule has 0 aliphatic heterocycles. The molecule has 1 heterocycles. The predicted molar refractivity (Wildman–Crippen MR) is 91.9 cm³/mol. The maximum absolute atomic E-state index is 11.9. The number of para-hydroxylation sites is 1. The molecule has 0 spiro atoms. The number of nitrogens with one attached hydrogen (secondary N) is 1. The number of carboxylic acid groups (broad SMARTS) is 1. The molecular weight excluding hydrogens is 328 g/mol. The first-order valence-corrected chi connectivity index (χ1v) is 8.35. The maximum Gasteiger partial charge on any atom is 0.347 e. The van der Waals surface area contributed by atoms with Gasteiger partial charge in [0, 0.05) is 0 Å². The van der Waals surface area contributed by atoms with Crippen LogP contribution in [0.4, 0.5) is 0 Å². The van der Waals surface area contributed by atoms with E-state index in [2.05, 4.69) is 10.3 Å². The summed E-state index contributed by atoms with van der Waals surface area (Å²) >= 11 is 1.03. The van der Waals surface area contributed by atoms with E-state index in [4.69, 9.17) is 9.84 Å². The molecule has 0 aliphatic rings. The first kappa shape index (κ1) is 17.9. The minimum Gasteiger partial charge on any atom is -0.491 e. The molecule has 1 aromatic carbocycles. The molecule has 0 radical (unpaired) electrons. The SMILES string of the molecule is Cc1cccc(C)c1OCCNC(=O)Cc1nc(C)c(C(=O)O)s1. The van der Waals surface area contributed by atoms with E-state index in [1.54, 1.807) is 6.92 Å². The molecule has 2 aromatic rings. The quantitative estimate of drug-likeness (QED) is 0.751. The molecule has 1 amide bonds. The van der Waals surface area contributed by atoms with Crippen LogP contribution >= 0.6 is 11.3 Å². The Kier molecular flexibility index (Phi) is 5.92. The largest absolute Gasteiger partial charge is 0.491 e. The zero-order valence-electron chi connectivity index (χ0n) is 13.9. The van der Waals surface area contributed by atoms with Gasteiger partial charge in [0.25, 0.3) is 0 Å². The van der Waals surface area contributed by atoms with Crippen LogP contribution in [0, 0.1) is 20.8 Å². The Bertz CT molecular complexity index is 735. The lowest BCUT2D eigenvalue weighted by Crippen LogP contribution is -2.29. The van der Waals surface area contributed by atoms with Gasteiger partial charge < -0.3 is 15.2 Å². The number of aromatic carboxylic acids is 1. The van der Waals surface area contributed by atoms with Crippen LogP contribution in [0.15, 0.2) is 18.2 Å². The molecule has 0 aliphatic carbocycles. The minimum atomic E-state index is -1.02. The summed E-state index contributed by atoms with van der Waals surface area (Å²) in [5.74, 6) is -0.377. The molecule has 24 heavy (non-hydrogen) atoms. The molecule has 0 saturated carbocycles. The number of ether oxygens (including phenoxy) is 1. The van der Waals surface area contributed by atoms with Gasteiger partial charge >= 0.3 is 5.97 Å². The van der Waals surface area contributed by atoms with E-state index in [0.717, 1.165) is 28.2 Å². The molecule has 2 N–H and O–H groups in total. The van der Waals surface area contributed by atoms with E-state index in [9.17, 15) is 9.59 Å². The molecular formula is C17H20N2O4S. The first-order valence-electron chi connectivity index (χ1n) is 7.53. The average Bonchev–Trinajstić information content (AvgIpc) is 2.86. The van der Waals surface area contributed by atoms with Gasteiger partial charge in [-0.1, -0.05) is 18.2 Å². The predicted octanol–water partition coefficient (Wildman–Crippen LogP) is 2.50. The smallest absolute Gasteiger partial charge is 0.347 e. The highest BCUT2D eigenvalue weighted by atomic mass is 32.1. The van der Waals surface area contributed by atoms with Crippen LogP contribution < -0.4 is 10.1 Å². The number of aryl methyl sites for hydroxylation is 3. The number of hydrogen-bond donors (Lipinski definition) is 2. The molecule has 0 fully saturated rings. The number of hydrogen-bond acceptors (Lipinski definition) is 5. The molecule has 0 bridgehead atoms. The zero-order valence-corrected chi connectivity index (χ0v) is 14.7. The van der Waals surface area contributed by atoms with Crippen LogP contribution in [0.5, 0.6) is 5.75 Å². The Morgan fingerprint density at radius 1 is 1.25 bits per heavy atom. The Hall–Kier alpha value is -2.41. The third kappa shape index (κ3) is 4.55. The molecule has 0 atom stereocenters. The highest BCUT2D eigenvalue weighted by Gasteiger charge is 2.15. The summed E-state index contributed by atoms with van der Waals surface area (Å²) in [5.41, 5.74) is 2.55. The van der Waals surface area contributed by atoms with Crippen molar-refractivity contribution in [2.45, 2.75) is 27.2 Å². The fourth-order valence-corrected chi connectivity index (χ4v) is 3.20. The van der Waals surface area contributed by atoms with Crippen LogP contribution in [0.1, 0.15) is 31.5 Å². The van der Waals surface area contributed by atoms with Crippen molar-refractivity contribution in [3.63, 3.8) is 0 Å². The lowest BCUT2D eigenvalue weighted by atomic mass is 10.1. The summed E-state index contributed by atoms with van der Waals surface area (Å²) in [6.45, 7) is 6.33. The van der Waals surface area contributed by atoms with Gasteiger partial charge in [-0.25, -0.2) is 9.78 Å². The Balaban J connectivity index is 1.79. The number of amides is 1. The average molecular weight is 348 g/mol. The van der Waals surface area contributed by atoms with Crippen LogP contribution in [-0.2, 0) is 11.2 Å². The summed E-state index contributed by atoms with van der Waals surface area (Å²) in [5, 5.41) is 12.2. The summed E-state index contributed by atoms with van der Waals surface area (Å²) in [6, 6.07) is 5.93. The Labute approximate surface area is 144 Å². The second-order valence-corrected chi connectivity index (χ2v) is 6.51. The van der Waals surface area contributed by atoms with Crippen molar-refractivity contribution in [3.05, 3.63) is 44.9 Å². The lowest BCUT2D eigenvalue weighted by molar-refractivity contribution is -0.120. The van der Waals surface area contributed by atoms with Crippen molar-refractivity contribution in [1.29, 1.82) is 0 Å². The van der Waals surface area contributed by atoms with Crippen LogP contribution in [0.25, 0.3) is 0 Å². The van der Waals surface area contributed by atoms with E-state index in [1.165, 1.54) is 0 Å². The van der Waals surface area contributed by atoms with Gasteiger partial charge in [-0.2, -0.15) is 0 Å². The normalized spacial score (nSPS) is 10.5. The third-order valence-electron chi connectivity index (χ3n) is 3.43.